The van der Waals surface area contributed by atoms with Gasteiger partial charge >= 0.3 is 0 Å². The van der Waals surface area contributed by atoms with Gasteiger partial charge in [-0.3, -0.25) is 0 Å². The molecular formula is C15H12FO. The van der Waals surface area contributed by atoms with Gasteiger partial charge in [-0.2, -0.15) is 0 Å². The largest absolute Gasteiger partial charge is 0.496 e. The summed E-state index contributed by atoms with van der Waals surface area (Å²) in [6, 6.07) is 16.9. The third kappa shape index (κ3) is 2.72. The van der Waals surface area contributed by atoms with Crippen molar-refractivity contribution in [2.45, 2.75) is 0 Å². The maximum Gasteiger partial charge on any atom is 0.131 e. The molecule has 0 spiro atoms. The number of hydrogen-bond donors (Lipinski definition) is 0. The van der Waals surface area contributed by atoms with Crippen LogP contribution in [-0.2, 0) is 0 Å². The molecule has 1 nitrogen and oxygen atoms in total. The normalized spacial score (nSPS) is 11.3. The molecule has 17 heavy (non-hydrogen) atoms. The highest BCUT2D eigenvalue weighted by Gasteiger charge is 2.03. The molecule has 0 N–H and O–H groups in total. The zero-order valence-corrected chi connectivity index (χ0v) is 9.48. The molecule has 0 atom stereocenters. The molecule has 2 heteroatoms. The number of ether oxygens (including phenoxy) is 1. The molecule has 0 unspecified atom stereocenters. The minimum atomic E-state index is -0.288. The van der Waals surface area contributed by atoms with E-state index in [0.717, 1.165) is 5.56 Å². The summed E-state index contributed by atoms with van der Waals surface area (Å²) in [5, 5.41) is 0. The average Bonchev–Trinajstić information content (AvgIpc) is 2.40. The van der Waals surface area contributed by atoms with Gasteiger partial charge in [0.25, 0.3) is 0 Å². The summed E-state index contributed by atoms with van der Waals surface area (Å²) in [5.74, 6) is 0.369. The van der Waals surface area contributed by atoms with Crippen molar-refractivity contribution in [2.75, 3.05) is 7.11 Å². The van der Waals surface area contributed by atoms with E-state index < -0.39 is 0 Å². The lowest BCUT2D eigenvalue weighted by molar-refractivity contribution is 0.414. The van der Waals surface area contributed by atoms with Gasteiger partial charge < -0.3 is 4.74 Å². The summed E-state index contributed by atoms with van der Waals surface area (Å²) >= 11 is 0. The summed E-state index contributed by atoms with van der Waals surface area (Å²) in [4.78, 5) is 0. The average molecular weight is 227 g/mol. The molecule has 0 saturated heterocycles. The molecule has 85 valence electrons. The summed E-state index contributed by atoms with van der Waals surface area (Å²) in [7, 11) is 1.57. The Labute approximate surface area is 100 Å². The molecule has 2 aromatic rings. The van der Waals surface area contributed by atoms with Gasteiger partial charge in [0.2, 0.25) is 0 Å². The fourth-order valence-electron chi connectivity index (χ4n) is 1.55. The third-order valence-electron chi connectivity index (χ3n) is 2.42. The summed E-state index contributed by atoms with van der Waals surface area (Å²) in [5.41, 5.74) is 1.26. The van der Waals surface area contributed by atoms with E-state index in [1.54, 1.807) is 37.4 Å². The van der Waals surface area contributed by atoms with E-state index in [1.807, 2.05) is 18.2 Å². The molecule has 0 saturated carbocycles. The van der Waals surface area contributed by atoms with Crippen LogP contribution in [0.3, 0.4) is 0 Å². The van der Waals surface area contributed by atoms with Crippen LogP contribution < -0.4 is 4.74 Å². The van der Waals surface area contributed by atoms with Crippen LogP contribution in [0.15, 0.2) is 48.5 Å². The van der Waals surface area contributed by atoms with Crippen LogP contribution in [0.25, 0.3) is 11.9 Å². The fraction of sp³-hybridized carbons (Fsp3) is 0.0667. The maximum atomic E-state index is 13.9. The number of methoxy groups -OCH3 is 1. The Kier molecular flexibility index (Phi) is 3.55. The van der Waals surface area contributed by atoms with Crippen molar-refractivity contribution in [3.8, 4) is 5.75 Å². The molecule has 0 aliphatic heterocycles. The van der Waals surface area contributed by atoms with Crippen LogP contribution >= 0.6 is 0 Å². The van der Waals surface area contributed by atoms with Crippen LogP contribution in [0.5, 0.6) is 5.75 Å². The van der Waals surface area contributed by atoms with Crippen molar-refractivity contribution in [1.82, 2.24) is 0 Å². The van der Waals surface area contributed by atoms with Crippen LogP contribution in [0, 0.1) is 6.07 Å². The zero-order valence-electron chi connectivity index (χ0n) is 9.48. The number of hydrogen-bond acceptors (Lipinski definition) is 1. The first-order valence-electron chi connectivity index (χ1n) is 5.28. The SMILES string of the molecule is COc1ccccc1/C=C(/F)c1cc[c]cc1. The smallest absolute Gasteiger partial charge is 0.131 e. The highest BCUT2D eigenvalue weighted by molar-refractivity contribution is 5.78. The van der Waals surface area contributed by atoms with Gasteiger partial charge in [0.05, 0.1) is 7.11 Å². The molecule has 0 bridgehead atoms. The lowest BCUT2D eigenvalue weighted by Crippen LogP contribution is -1.86. The molecule has 1 radical (unpaired) electrons. The predicted molar refractivity (Wildman–Crippen MR) is 67.3 cm³/mol. The molecule has 0 fully saturated rings. The Bertz CT molecular complexity index is 517. The summed E-state index contributed by atoms with van der Waals surface area (Å²) in [6.45, 7) is 0. The van der Waals surface area contributed by atoms with Crippen LogP contribution in [-0.4, -0.2) is 7.11 Å². The minimum absolute atomic E-state index is 0.288. The second-order valence-electron chi connectivity index (χ2n) is 3.52. The summed E-state index contributed by atoms with van der Waals surface area (Å²) in [6.07, 6.45) is 1.47. The van der Waals surface area contributed by atoms with Crippen molar-refractivity contribution in [3.05, 3.63) is 65.7 Å². The number of halogens is 1. The Hall–Kier alpha value is -2.09. The van der Waals surface area contributed by atoms with E-state index in [2.05, 4.69) is 6.07 Å². The Morgan fingerprint density at radius 3 is 2.59 bits per heavy atom. The van der Waals surface area contributed by atoms with Gasteiger partial charge in [-0.15, -0.1) is 0 Å². The highest BCUT2D eigenvalue weighted by Crippen LogP contribution is 2.24. The first-order chi connectivity index (χ1) is 8.31. The van der Waals surface area contributed by atoms with E-state index in [4.69, 9.17) is 4.74 Å². The van der Waals surface area contributed by atoms with Gasteiger partial charge in [0.1, 0.15) is 11.6 Å². The van der Waals surface area contributed by atoms with E-state index >= 15 is 0 Å². The van der Waals surface area contributed by atoms with E-state index in [0.29, 0.717) is 11.3 Å². The first-order valence-corrected chi connectivity index (χ1v) is 5.28. The number of para-hydroxylation sites is 1. The van der Waals surface area contributed by atoms with Gasteiger partial charge in [-0.1, -0.05) is 42.5 Å². The minimum Gasteiger partial charge on any atom is -0.496 e. The number of benzene rings is 2. The monoisotopic (exact) mass is 227 g/mol. The summed E-state index contributed by atoms with van der Waals surface area (Å²) < 4.78 is 19.1. The van der Waals surface area contributed by atoms with Crippen LogP contribution in [0.4, 0.5) is 4.39 Å². The standard InChI is InChI=1S/C15H12FO/c1-17-15-10-6-5-9-13(15)11-14(16)12-7-3-2-4-8-12/h3-11H,1H3/b14-11+. The van der Waals surface area contributed by atoms with Crippen molar-refractivity contribution in [3.63, 3.8) is 0 Å². The molecular weight excluding hydrogens is 215 g/mol. The quantitative estimate of drug-likeness (QED) is 0.721. The van der Waals surface area contributed by atoms with Crippen LogP contribution in [0.2, 0.25) is 0 Å². The maximum absolute atomic E-state index is 13.9. The van der Waals surface area contributed by atoms with Crippen LogP contribution in [0.1, 0.15) is 11.1 Å². The zero-order chi connectivity index (χ0) is 12.1. The van der Waals surface area contributed by atoms with E-state index in [9.17, 15) is 4.39 Å². The predicted octanol–water partition coefficient (Wildman–Crippen LogP) is 3.96. The number of rotatable bonds is 3. The van der Waals surface area contributed by atoms with Gasteiger partial charge in [0.15, 0.2) is 0 Å². The van der Waals surface area contributed by atoms with E-state index in [-0.39, 0.29) is 5.83 Å². The van der Waals surface area contributed by atoms with Crippen molar-refractivity contribution >= 4 is 11.9 Å². The van der Waals surface area contributed by atoms with Gasteiger partial charge in [-0.05, 0) is 18.2 Å². The highest BCUT2D eigenvalue weighted by atomic mass is 19.1. The molecule has 0 aromatic heterocycles. The van der Waals surface area contributed by atoms with Crippen molar-refractivity contribution in [2.24, 2.45) is 0 Å². The van der Waals surface area contributed by atoms with Gasteiger partial charge in [0, 0.05) is 11.1 Å². The lowest BCUT2D eigenvalue weighted by Gasteiger charge is -2.04. The molecule has 0 aliphatic carbocycles. The lowest BCUT2D eigenvalue weighted by atomic mass is 10.1. The Morgan fingerprint density at radius 2 is 1.88 bits per heavy atom. The van der Waals surface area contributed by atoms with E-state index in [1.165, 1.54) is 6.08 Å². The third-order valence-corrected chi connectivity index (χ3v) is 2.42. The molecule has 2 aromatic carbocycles. The topological polar surface area (TPSA) is 9.23 Å². The molecule has 2 rings (SSSR count). The van der Waals surface area contributed by atoms with Gasteiger partial charge in [-0.25, -0.2) is 4.39 Å². The molecule has 0 heterocycles. The first kappa shape index (κ1) is 11.4. The fourth-order valence-corrected chi connectivity index (χ4v) is 1.55. The van der Waals surface area contributed by atoms with Crippen molar-refractivity contribution < 1.29 is 9.13 Å². The molecule has 0 aliphatic rings. The Balaban J connectivity index is 2.36. The second-order valence-corrected chi connectivity index (χ2v) is 3.52. The van der Waals surface area contributed by atoms with Crippen molar-refractivity contribution in [1.29, 1.82) is 0 Å². The second kappa shape index (κ2) is 5.30. The molecule has 0 amide bonds. The Morgan fingerprint density at radius 1 is 1.18 bits per heavy atom.